The van der Waals surface area contributed by atoms with E-state index in [-0.39, 0.29) is 41.1 Å². The fourth-order valence-electron chi connectivity index (χ4n) is 2.33. The number of thiophene rings is 1. The quantitative estimate of drug-likeness (QED) is 0.640. The molecular weight excluding hydrogens is 438 g/mol. The van der Waals surface area contributed by atoms with E-state index >= 15 is 0 Å². The van der Waals surface area contributed by atoms with Crippen LogP contribution in [0.4, 0.5) is 5.00 Å². The molecule has 2 aromatic heterocycles. The number of hydrogen-bond donors (Lipinski definition) is 1. The summed E-state index contributed by atoms with van der Waals surface area (Å²) in [5.41, 5.74) is 1.38. The maximum atomic E-state index is 12.4. The maximum absolute atomic E-state index is 12.4. The van der Waals surface area contributed by atoms with Gasteiger partial charge in [0.2, 0.25) is 5.91 Å². The first-order chi connectivity index (χ1) is 12.8. The van der Waals surface area contributed by atoms with Crippen LogP contribution in [-0.2, 0) is 20.8 Å². The predicted molar refractivity (Wildman–Crippen MR) is 104 cm³/mol. The standard InChI is InChI=1S/C17H20BrN3O5S/c1-5-25-16(23)13-9(3)14(17(24)26-6-2)27-15(13)20-12(22)8-21-10(4)11(18)7-19-21/h7H,5-6,8H2,1-4H3,(H,20,22). The number of anilines is 1. The highest BCUT2D eigenvalue weighted by molar-refractivity contribution is 9.10. The summed E-state index contributed by atoms with van der Waals surface area (Å²) in [4.78, 5) is 37.2. The Morgan fingerprint density at radius 2 is 1.81 bits per heavy atom. The molecule has 0 aliphatic carbocycles. The molecule has 0 saturated heterocycles. The minimum atomic E-state index is -0.602. The Morgan fingerprint density at radius 1 is 1.19 bits per heavy atom. The lowest BCUT2D eigenvalue weighted by Crippen LogP contribution is -2.21. The first-order valence-electron chi connectivity index (χ1n) is 8.25. The van der Waals surface area contributed by atoms with Gasteiger partial charge in [-0.1, -0.05) is 0 Å². The summed E-state index contributed by atoms with van der Waals surface area (Å²) < 4.78 is 12.4. The first-order valence-corrected chi connectivity index (χ1v) is 9.86. The summed E-state index contributed by atoms with van der Waals surface area (Å²) in [6.45, 7) is 7.17. The molecule has 1 amide bonds. The highest BCUT2D eigenvalue weighted by Gasteiger charge is 2.27. The lowest BCUT2D eigenvalue weighted by atomic mass is 10.1. The summed E-state index contributed by atoms with van der Waals surface area (Å²) in [6.07, 6.45) is 1.60. The van der Waals surface area contributed by atoms with Gasteiger partial charge in [0, 0.05) is 0 Å². The van der Waals surface area contributed by atoms with Crippen molar-refractivity contribution in [3.05, 3.63) is 32.4 Å². The summed E-state index contributed by atoms with van der Waals surface area (Å²) in [6, 6.07) is 0. The van der Waals surface area contributed by atoms with E-state index in [1.165, 1.54) is 4.68 Å². The molecule has 8 nitrogen and oxygen atoms in total. The van der Waals surface area contributed by atoms with Crippen LogP contribution in [0.3, 0.4) is 0 Å². The predicted octanol–water partition coefficient (Wildman–Crippen LogP) is 3.32. The zero-order valence-electron chi connectivity index (χ0n) is 15.4. The molecule has 0 saturated carbocycles. The number of amides is 1. The van der Waals surface area contributed by atoms with Gasteiger partial charge in [-0.15, -0.1) is 11.3 Å². The number of aromatic nitrogens is 2. The highest BCUT2D eigenvalue weighted by Crippen LogP contribution is 2.34. The summed E-state index contributed by atoms with van der Waals surface area (Å²) >= 11 is 4.33. The van der Waals surface area contributed by atoms with Gasteiger partial charge in [0.05, 0.1) is 35.1 Å². The topological polar surface area (TPSA) is 99.5 Å². The Morgan fingerprint density at radius 3 is 2.37 bits per heavy atom. The van der Waals surface area contributed by atoms with Crippen molar-refractivity contribution in [2.75, 3.05) is 18.5 Å². The molecule has 0 fully saturated rings. The van der Waals surface area contributed by atoms with Gasteiger partial charge in [-0.3, -0.25) is 9.48 Å². The molecule has 10 heteroatoms. The third kappa shape index (κ3) is 4.75. The monoisotopic (exact) mass is 457 g/mol. The molecule has 0 bridgehead atoms. The van der Waals surface area contributed by atoms with Crippen molar-refractivity contribution >= 4 is 50.1 Å². The number of esters is 2. The van der Waals surface area contributed by atoms with E-state index in [2.05, 4.69) is 26.3 Å². The van der Waals surface area contributed by atoms with Gasteiger partial charge < -0.3 is 14.8 Å². The Labute approximate surface area is 169 Å². The van der Waals surface area contributed by atoms with E-state index in [4.69, 9.17) is 9.47 Å². The van der Waals surface area contributed by atoms with Gasteiger partial charge in [0.25, 0.3) is 0 Å². The molecular formula is C17H20BrN3O5S. The van der Waals surface area contributed by atoms with E-state index in [0.29, 0.717) is 5.56 Å². The van der Waals surface area contributed by atoms with Crippen LogP contribution in [0, 0.1) is 13.8 Å². The molecule has 146 valence electrons. The van der Waals surface area contributed by atoms with Crippen molar-refractivity contribution in [2.45, 2.75) is 34.2 Å². The minimum absolute atomic E-state index is 0.0363. The molecule has 1 N–H and O–H groups in total. The maximum Gasteiger partial charge on any atom is 0.348 e. The van der Waals surface area contributed by atoms with E-state index < -0.39 is 11.9 Å². The lowest BCUT2D eigenvalue weighted by Gasteiger charge is -2.08. The second-order valence-corrected chi connectivity index (χ2v) is 7.36. The molecule has 2 heterocycles. The minimum Gasteiger partial charge on any atom is -0.462 e. The van der Waals surface area contributed by atoms with Gasteiger partial charge in [0.15, 0.2) is 0 Å². The SMILES string of the molecule is CCOC(=O)c1sc(NC(=O)Cn2ncc(Br)c2C)c(C(=O)OCC)c1C. The summed E-state index contributed by atoms with van der Waals surface area (Å²) in [7, 11) is 0. The summed E-state index contributed by atoms with van der Waals surface area (Å²) in [5.74, 6) is -1.52. The van der Waals surface area contributed by atoms with Crippen LogP contribution in [-0.4, -0.2) is 40.8 Å². The molecule has 2 aromatic rings. The number of carbonyl (C=O) groups excluding carboxylic acids is 3. The molecule has 27 heavy (non-hydrogen) atoms. The second kappa shape index (κ2) is 9.14. The van der Waals surface area contributed by atoms with Crippen LogP contribution in [0.15, 0.2) is 10.7 Å². The van der Waals surface area contributed by atoms with Crippen LogP contribution in [0.25, 0.3) is 0 Å². The van der Waals surface area contributed by atoms with Gasteiger partial charge in [-0.25, -0.2) is 9.59 Å². The third-order valence-corrected chi connectivity index (χ3v) is 5.64. The zero-order valence-corrected chi connectivity index (χ0v) is 17.8. The van der Waals surface area contributed by atoms with Crippen molar-refractivity contribution in [2.24, 2.45) is 0 Å². The van der Waals surface area contributed by atoms with Crippen molar-refractivity contribution in [1.82, 2.24) is 9.78 Å². The van der Waals surface area contributed by atoms with Crippen molar-refractivity contribution in [1.29, 1.82) is 0 Å². The smallest absolute Gasteiger partial charge is 0.348 e. The van der Waals surface area contributed by atoms with Crippen molar-refractivity contribution < 1.29 is 23.9 Å². The van der Waals surface area contributed by atoms with Crippen LogP contribution in [0.5, 0.6) is 0 Å². The number of carbonyl (C=O) groups is 3. The average Bonchev–Trinajstić information content (AvgIpc) is 3.09. The molecule has 0 radical (unpaired) electrons. The molecule has 0 aliphatic rings. The largest absolute Gasteiger partial charge is 0.462 e. The van der Waals surface area contributed by atoms with E-state index in [0.717, 1.165) is 21.5 Å². The van der Waals surface area contributed by atoms with E-state index in [9.17, 15) is 14.4 Å². The number of nitrogens with one attached hydrogen (secondary N) is 1. The van der Waals surface area contributed by atoms with Crippen LogP contribution >= 0.6 is 27.3 Å². The van der Waals surface area contributed by atoms with Gasteiger partial charge >= 0.3 is 11.9 Å². The van der Waals surface area contributed by atoms with E-state index in [1.807, 2.05) is 6.92 Å². The Hall–Kier alpha value is -2.20. The molecule has 0 spiro atoms. The van der Waals surface area contributed by atoms with Crippen molar-refractivity contribution in [3.8, 4) is 0 Å². The third-order valence-electron chi connectivity index (χ3n) is 3.68. The molecule has 0 unspecified atom stereocenters. The molecule has 2 rings (SSSR count). The molecule has 0 aliphatic heterocycles. The van der Waals surface area contributed by atoms with E-state index in [1.54, 1.807) is 27.0 Å². The normalized spacial score (nSPS) is 10.6. The van der Waals surface area contributed by atoms with Crippen LogP contribution in [0.1, 0.15) is 45.1 Å². The fourth-order valence-corrected chi connectivity index (χ4v) is 3.73. The number of hydrogen-bond acceptors (Lipinski definition) is 7. The van der Waals surface area contributed by atoms with Gasteiger partial charge in [-0.05, 0) is 49.2 Å². The number of halogens is 1. The van der Waals surface area contributed by atoms with Gasteiger partial charge in [-0.2, -0.15) is 5.10 Å². The summed E-state index contributed by atoms with van der Waals surface area (Å²) in [5, 5.41) is 7.05. The number of ether oxygens (including phenoxy) is 2. The lowest BCUT2D eigenvalue weighted by molar-refractivity contribution is -0.116. The zero-order chi connectivity index (χ0) is 20.1. The average molecular weight is 458 g/mol. The van der Waals surface area contributed by atoms with Gasteiger partial charge in [0.1, 0.15) is 16.4 Å². The van der Waals surface area contributed by atoms with Crippen LogP contribution in [0.2, 0.25) is 0 Å². The van der Waals surface area contributed by atoms with Crippen LogP contribution < -0.4 is 5.32 Å². The highest BCUT2D eigenvalue weighted by atomic mass is 79.9. The first kappa shape index (κ1) is 21.1. The Bertz CT molecular complexity index is 874. The molecule has 0 atom stereocenters. The Balaban J connectivity index is 2.31. The molecule has 0 aromatic carbocycles. The number of rotatable bonds is 7. The fraction of sp³-hybridized carbons (Fsp3) is 0.412. The second-order valence-electron chi connectivity index (χ2n) is 5.48. The van der Waals surface area contributed by atoms with Crippen molar-refractivity contribution in [3.63, 3.8) is 0 Å². The Kier molecular flexibility index (Phi) is 7.14. The number of nitrogens with zero attached hydrogens (tertiary/aromatic N) is 2.